The van der Waals surface area contributed by atoms with Gasteiger partial charge in [0, 0.05) is 6.54 Å². The molecule has 1 atom stereocenters. The van der Waals surface area contributed by atoms with Crippen LogP contribution >= 0.6 is 0 Å². The van der Waals surface area contributed by atoms with Gasteiger partial charge in [0.2, 0.25) is 0 Å². The van der Waals surface area contributed by atoms with Gasteiger partial charge in [0.1, 0.15) is 6.61 Å². The first kappa shape index (κ1) is 24.3. The van der Waals surface area contributed by atoms with Crippen LogP contribution in [0.5, 0.6) is 23.0 Å². The number of methoxy groups -OCH3 is 2. The Labute approximate surface area is 214 Å². The molecule has 2 aliphatic rings. The first-order valence-corrected chi connectivity index (χ1v) is 12.7. The number of hydrogen-bond donors (Lipinski definition) is 1. The second-order valence-corrected chi connectivity index (χ2v) is 9.63. The van der Waals surface area contributed by atoms with E-state index < -0.39 is 0 Å². The molecule has 0 spiro atoms. The maximum absolute atomic E-state index is 6.15. The first-order chi connectivity index (χ1) is 17.6. The smallest absolute Gasteiger partial charge is 0.161 e. The molecule has 0 amide bonds. The Kier molecular flexibility index (Phi) is 7.47. The molecule has 3 aromatic carbocycles. The normalized spacial score (nSPS) is 17.0. The lowest BCUT2D eigenvalue weighted by Crippen LogP contribution is -2.28. The summed E-state index contributed by atoms with van der Waals surface area (Å²) in [5.41, 5.74) is 5.92. The predicted octanol–water partition coefficient (Wildman–Crippen LogP) is 6.28. The molecule has 1 fully saturated rings. The fourth-order valence-electron chi connectivity index (χ4n) is 4.60. The summed E-state index contributed by atoms with van der Waals surface area (Å²) in [7, 11) is 3.39. The third-order valence-electron chi connectivity index (χ3n) is 6.95. The first-order valence-electron chi connectivity index (χ1n) is 12.7. The van der Waals surface area contributed by atoms with Crippen LogP contribution in [0.3, 0.4) is 0 Å². The van der Waals surface area contributed by atoms with Crippen molar-refractivity contribution in [1.82, 2.24) is 5.32 Å². The fraction of sp³-hybridized carbons (Fsp3) is 0.355. The molecule has 5 heteroatoms. The van der Waals surface area contributed by atoms with E-state index in [1.54, 1.807) is 14.2 Å². The van der Waals surface area contributed by atoms with Crippen LogP contribution in [0, 0.1) is 12.8 Å². The largest absolute Gasteiger partial charge is 0.493 e. The number of ether oxygens (including phenoxy) is 4. The zero-order valence-electron chi connectivity index (χ0n) is 21.4. The standard InChI is InChI=1S/C31H35NO4/c1-21-15-28(33-2)30(36-20-23-9-10-23)16-24(21)11-12-27-26-18-29(34-3)31(17-25(26)13-14-32-27)35-19-22-7-5-4-6-8-22/h4-8,11-12,15-18,23,27,32H,9-10,13-14,19-20H2,1-3H3/b12-11+. The van der Waals surface area contributed by atoms with Gasteiger partial charge in [0.05, 0.1) is 26.9 Å². The number of rotatable bonds is 10. The minimum Gasteiger partial charge on any atom is -0.493 e. The van der Waals surface area contributed by atoms with Crippen LogP contribution in [0.15, 0.2) is 60.7 Å². The van der Waals surface area contributed by atoms with Crippen LogP contribution in [0.2, 0.25) is 0 Å². The molecule has 5 nitrogen and oxygen atoms in total. The van der Waals surface area contributed by atoms with Crippen molar-refractivity contribution in [3.05, 3.63) is 88.5 Å². The zero-order valence-corrected chi connectivity index (χ0v) is 21.4. The molecule has 36 heavy (non-hydrogen) atoms. The number of hydrogen-bond acceptors (Lipinski definition) is 5. The van der Waals surface area contributed by atoms with Crippen molar-refractivity contribution in [1.29, 1.82) is 0 Å². The maximum atomic E-state index is 6.15. The molecule has 1 saturated carbocycles. The van der Waals surface area contributed by atoms with Gasteiger partial charge in [-0.15, -0.1) is 0 Å². The lowest BCUT2D eigenvalue weighted by atomic mass is 9.92. The van der Waals surface area contributed by atoms with Crippen LogP contribution < -0.4 is 24.3 Å². The summed E-state index contributed by atoms with van der Waals surface area (Å²) in [6, 6.07) is 18.7. The molecule has 0 radical (unpaired) electrons. The van der Waals surface area contributed by atoms with E-state index in [0.717, 1.165) is 59.3 Å². The van der Waals surface area contributed by atoms with Gasteiger partial charge < -0.3 is 24.3 Å². The Hall–Kier alpha value is -3.44. The van der Waals surface area contributed by atoms with E-state index in [1.165, 1.54) is 24.0 Å². The van der Waals surface area contributed by atoms with Gasteiger partial charge in [-0.05, 0) is 84.2 Å². The van der Waals surface area contributed by atoms with Crippen LogP contribution in [0.25, 0.3) is 6.08 Å². The summed E-state index contributed by atoms with van der Waals surface area (Å²) in [5, 5.41) is 3.64. The summed E-state index contributed by atoms with van der Waals surface area (Å²) in [4.78, 5) is 0. The van der Waals surface area contributed by atoms with Gasteiger partial charge in [-0.25, -0.2) is 0 Å². The quantitative estimate of drug-likeness (QED) is 0.366. The average molecular weight is 486 g/mol. The van der Waals surface area contributed by atoms with Crippen molar-refractivity contribution in [2.45, 2.75) is 38.8 Å². The summed E-state index contributed by atoms with van der Waals surface area (Å²) < 4.78 is 23.5. The highest BCUT2D eigenvalue weighted by Gasteiger charge is 2.23. The molecule has 1 aliphatic carbocycles. The van der Waals surface area contributed by atoms with Gasteiger partial charge in [-0.3, -0.25) is 0 Å². The lowest BCUT2D eigenvalue weighted by Gasteiger charge is -2.26. The lowest BCUT2D eigenvalue weighted by molar-refractivity contribution is 0.280. The Bertz CT molecular complexity index is 1220. The second kappa shape index (κ2) is 11.1. The molecule has 1 unspecified atom stereocenters. The monoisotopic (exact) mass is 485 g/mol. The molecule has 0 saturated heterocycles. The second-order valence-electron chi connectivity index (χ2n) is 9.63. The highest BCUT2D eigenvalue weighted by atomic mass is 16.5. The predicted molar refractivity (Wildman–Crippen MR) is 143 cm³/mol. The number of aryl methyl sites for hydroxylation is 1. The third-order valence-corrected chi connectivity index (χ3v) is 6.95. The molecule has 1 aliphatic heterocycles. The molecule has 5 rings (SSSR count). The van der Waals surface area contributed by atoms with E-state index in [0.29, 0.717) is 12.5 Å². The topological polar surface area (TPSA) is 49.0 Å². The SMILES string of the molecule is COc1cc2c(cc1OCc1ccccc1)CCNC2/C=C/c1cc(OCC2CC2)c(OC)cc1C. The Morgan fingerprint density at radius 2 is 1.64 bits per heavy atom. The van der Waals surface area contributed by atoms with Crippen molar-refractivity contribution < 1.29 is 18.9 Å². The van der Waals surface area contributed by atoms with Crippen LogP contribution in [0.4, 0.5) is 0 Å². The molecular weight excluding hydrogens is 450 g/mol. The van der Waals surface area contributed by atoms with Crippen molar-refractivity contribution in [3.8, 4) is 23.0 Å². The van der Waals surface area contributed by atoms with Gasteiger partial charge >= 0.3 is 0 Å². The van der Waals surface area contributed by atoms with Gasteiger partial charge in [0.15, 0.2) is 23.0 Å². The molecular formula is C31H35NO4. The van der Waals surface area contributed by atoms with Gasteiger partial charge in [-0.2, -0.15) is 0 Å². The molecule has 1 heterocycles. The Balaban J connectivity index is 1.36. The summed E-state index contributed by atoms with van der Waals surface area (Å²) in [6.07, 6.45) is 7.87. The zero-order chi connectivity index (χ0) is 24.9. The Morgan fingerprint density at radius 1 is 0.889 bits per heavy atom. The highest BCUT2D eigenvalue weighted by molar-refractivity contribution is 5.61. The van der Waals surface area contributed by atoms with E-state index in [9.17, 15) is 0 Å². The minimum atomic E-state index is 0.0863. The molecule has 0 bridgehead atoms. The number of nitrogens with one attached hydrogen (secondary N) is 1. The molecule has 188 valence electrons. The van der Waals surface area contributed by atoms with Crippen molar-refractivity contribution in [2.24, 2.45) is 5.92 Å². The average Bonchev–Trinajstić information content (AvgIpc) is 3.75. The van der Waals surface area contributed by atoms with Crippen molar-refractivity contribution in [3.63, 3.8) is 0 Å². The summed E-state index contributed by atoms with van der Waals surface area (Å²) in [6.45, 7) is 4.28. The fourth-order valence-corrected chi connectivity index (χ4v) is 4.60. The molecule has 0 aromatic heterocycles. The van der Waals surface area contributed by atoms with E-state index >= 15 is 0 Å². The van der Waals surface area contributed by atoms with E-state index in [-0.39, 0.29) is 6.04 Å². The van der Waals surface area contributed by atoms with Crippen LogP contribution in [-0.4, -0.2) is 27.4 Å². The Morgan fingerprint density at radius 3 is 2.39 bits per heavy atom. The van der Waals surface area contributed by atoms with E-state index in [1.807, 2.05) is 18.2 Å². The number of benzene rings is 3. The van der Waals surface area contributed by atoms with Crippen LogP contribution in [0.1, 0.15) is 46.7 Å². The molecule has 1 N–H and O–H groups in total. The van der Waals surface area contributed by atoms with Crippen LogP contribution in [-0.2, 0) is 13.0 Å². The van der Waals surface area contributed by atoms with Crippen molar-refractivity contribution >= 4 is 6.08 Å². The van der Waals surface area contributed by atoms with Gasteiger partial charge in [-0.1, -0.05) is 42.5 Å². The van der Waals surface area contributed by atoms with E-state index in [4.69, 9.17) is 18.9 Å². The summed E-state index contributed by atoms with van der Waals surface area (Å²) in [5.74, 6) is 3.83. The summed E-state index contributed by atoms with van der Waals surface area (Å²) >= 11 is 0. The maximum Gasteiger partial charge on any atom is 0.161 e. The molecule has 3 aromatic rings. The number of fused-ring (bicyclic) bond motifs is 1. The highest BCUT2D eigenvalue weighted by Crippen LogP contribution is 2.38. The van der Waals surface area contributed by atoms with Crippen molar-refractivity contribution in [2.75, 3.05) is 27.4 Å². The van der Waals surface area contributed by atoms with Gasteiger partial charge in [0.25, 0.3) is 0 Å². The third kappa shape index (κ3) is 5.68. The van der Waals surface area contributed by atoms with E-state index in [2.05, 4.69) is 60.8 Å². The minimum absolute atomic E-state index is 0.0863.